The van der Waals surface area contributed by atoms with Crippen LogP contribution < -0.4 is 5.73 Å². The van der Waals surface area contributed by atoms with Crippen LogP contribution in [0.1, 0.15) is 0 Å². The first-order valence-electron chi connectivity index (χ1n) is 2.33. The summed E-state index contributed by atoms with van der Waals surface area (Å²) in [7, 11) is 0. The van der Waals surface area contributed by atoms with Gasteiger partial charge in [-0.1, -0.05) is 0 Å². The average Bonchev–Trinajstić information content (AvgIpc) is 1.88. The number of anilines is 1. The molecule has 1 aromatic heterocycles. The van der Waals surface area contributed by atoms with E-state index in [1.54, 1.807) is 0 Å². The molecule has 50 valence electrons. The Bertz CT molecular complexity index is 274. The van der Waals surface area contributed by atoms with Crippen LogP contribution in [0.15, 0.2) is 11.3 Å². The number of nitrogen functional groups attached to an aromatic ring is 1. The Morgan fingerprint density at radius 3 is 3.10 bits per heavy atom. The molecule has 0 amide bonds. The van der Waals surface area contributed by atoms with E-state index in [1.807, 2.05) is 0 Å². The second-order valence-electron chi connectivity index (χ2n) is 1.37. The van der Waals surface area contributed by atoms with Gasteiger partial charge in [0.25, 0.3) is 0 Å². The maximum atomic E-state index is 7.92. The highest BCUT2D eigenvalue weighted by Crippen LogP contribution is 2.01. The monoisotopic (exact) mass is 137 g/mol. The summed E-state index contributed by atoms with van der Waals surface area (Å²) in [5.74, 6) is 0.111. The fraction of sp³-hybridized carbons (Fsp3) is 0. The zero-order chi connectivity index (χ0) is 7.40. The third-order valence-electron chi connectivity index (χ3n) is 0.700. The third kappa shape index (κ3) is 1.30. The predicted octanol–water partition coefficient (Wildman–Crippen LogP) is 0.396. The SMILES string of the molecule is [N-]=[N+]=Nc1nncc(N)n1. The zero-order valence-electron chi connectivity index (χ0n) is 4.84. The van der Waals surface area contributed by atoms with E-state index < -0.39 is 0 Å². The maximum Gasteiger partial charge on any atom is 0.240 e. The Balaban J connectivity index is 3.06. The molecule has 10 heavy (non-hydrogen) atoms. The molecule has 0 unspecified atom stereocenters. The lowest BCUT2D eigenvalue weighted by Gasteiger charge is -1.88. The fourth-order valence-corrected chi connectivity index (χ4v) is 0.389. The van der Waals surface area contributed by atoms with Gasteiger partial charge in [-0.25, -0.2) is 4.98 Å². The fourth-order valence-electron chi connectivity index (χ4n) is 0.389. The minimum atomic E-state index is -0.0671. The van der Waals surface area contributed by atoms with Crippen LogP contribution in [0, 0.1) is 0 Å². The van der Waals surface area contributed by atoms with E-state index in [0.717, 1.165) is 0 Å². The van der Waals surface area contributed by atoms with Gasteiger partial charge >= 0.3 is 0 Å². The molecule has 0 fully saturated rings. The number of hydrogen-bond donors (Lipinski definition) is 1. The molecule has 1 aromatic rings. The Morgan fingerprint density at radius 2 is 2.50 bits per heavy atom. The maximum absolute atomic E-state index is 7.92. The minimum Gasteiger partial charge on any atom is -0.382 e. The first-order chi connectivity index (χ1) is 4.83. The molecule has 0 aliphatic rings. The quantitative estimate of drug-likeness (QED) is 0.342. The van der Waals surface area contributed by atoms with Gasteiger partial charge in [0.2, 0.25) is 5.95 Å². The molecule has 0 saturated heterocycles. The van der Waals surface area contributed by atoms with Crippen molar-refractivity contribution in [2.45, 2.75) is 0 Å². The van der Waals surface area contributed by atoms with E-state index in [4.69, 9.17) is 11.3 Å². The first kappa shape index (κ1) is 6.24. The van der Waals surface area contributed by atoms with E-state index in [-0.39, 0.29) is 11.8 Å². The summed E-state index contributed by atoms with van der Waals surface area (Å²) in [5.41, 5.74) is 13.1. The number of hydrogen-bond acceptors (Lipinski definition) is 5. The van der Waals surface area contributed by atoms with Crippen LogP contribution in [0.3, 0.4) is 0 Å². The van der Waals surface area contributed by atoms with Crippen molar-refractivity contribution in [2.24, 2.45) is 5.11 Å². The van der Waals surface area contributed by atoms with Crippen LogP contribution in [0.2, 0.25) is 0 Å². The van der Waals surface area contributed by atoms with E-state index in [9.17, 15) is 0 Å². The second-order valence-corrected chi connectivity index (χ2v) is 1.37. The highest BCUT2D eigenvalue weighted by molar-refractivity contribution is 5.27. The first-order valence-corrected chi connectivity index (χ1v) is 2.33. The molecular weight excluding hydrogens is 134 g/mol. The van der Waals surface area contributed by atoms with E-state index in [2.05, 4.69) is 25.2 Å². The summed E-state index contributed by atoms with van der Waals surface area (Å²) in [6.45, 7) is 0. The van der Waals surface area contributed by atoms with Crippen molar-refractivity contribution >= 4 is 11.8 Å². The summed E-state index contributed by atoms with van der Waals surface area (Å²) in [5, 5.41) is 9.85. The standard InChI is InChI=1S/C3H3N7/c4-2-1-6-8-3(7-2)9-10-5/h1H,(H2,4,7,8). The molecule has 0 atom stereocenters. The van der Waals surface area contributed by atoms with Crippen molar-refractivity contribution in [2.75, 3.05) is 5.73 Å². The molecule has 0 saturated carbocycles. The Kier molecular flexibility index (Phi) is 1.63. The van der Waals surface area contributed by atoms with Crippen molar-refractivity contribution in [1.29, 1.82) is 0 Å². The summed E-state index contributed by atoms with van der Waals surface area (Å²) in [6.07, 6.45) is 1.26. The highest BCUT2D eigenvalue weighted by Gasteiger charge is 1.90. The molecule has 0 aromatic carbocycles. The normalized spacial score (nSPS) is 8.40. The molecule has 0 aliphatic carbocycles. The summed E-state index contributed by atoms with van der Waals surface area (Å²) < 4.78 is 0. The minimum absolute atomic E-state index is 0.0671. The Hall–Kier alpha value is -1.88. The number of aromatic nitrogens is 3. The lowest BCUT2D eigenvalue weighted by Crippen LogP contribution is -1.92. The van der Waals surface area contributed by atoms with Gasteiger partial charge in [-0.15, -0.1) is 5.10 Å². The van der Waals surface area contributed by atoms with Crippen LogP contribution in [0.4, 0.5) is 11.8 Å². The summed E-state index contributed by atoms with van der Waals surface area (Å²) >= 11 is 0. The lowest BCUT2D eigenvalue weighted by molar-refractivity contribution is 0.966. The Morgan fingerprint density at radius 1 is 1.70 bits per heavy atom. The third-order valence-corrected chi connectivity index (χ3v) is 0.700. The number of azide groups is 1. The molecular formula is C3H3N7. The molecule has 0 bridgehead atoms. The molecule has 0 spiro atoms. The zero-order valence-corrected chi connectivity index (χ0v) is 4.84. The molecule has 7 nitrogen and oxygen atoms in total. The van der Waals surface area contributed by atoms with Crippen LogP contribution in [-0.2, 0) is 0 Å². The lowest BCUT2D eigenvalue weighted by atomic mass is 10.7. The van der Waals surface area contributed by atoms with Crippen LogP contribution >= 0.6 is 0 Å². The van der Waals surface area contributed by atoms with Gasteiger partial charge < -0.3 is 5.73 Å². The molecule has 0 radical (unpaired) electrons. The van der Waals surface area contributed by atoms with Crippen LogP contribution in [0.25, 0.3) is 10.4 Å². The van der Waals surface area contributed by atoms with Gasteiger partial charge in [-0.2, -0.15) is 5.10 Å². The van der Waals surface area contributed by atoms with Crippen molar-refractivity contribution < 1.29 is 0 Å². The molecule has 1 heterocycles. The van der Waals surface area contributed by atoms with Crippen molar-refractivity contribution in [3.63, 3.8) is 0 Å². The Labute approximate surface area is 55.5 Å². The van der Waals surface area contributed by atoms with Gasteiger partial charge in [-0.3, -0.25) is 0 Å². The summed E-state index contributed by atoms with van der Waals surface area (Å²) in [4.78, 5) is 6.00. The van der Waals surface area contributed by atoms with Crippen molar-refractivity contribution in [3.8, 4) is 0 Å². The van der Waals surface area contributed by atoms with Gasteiger partial charge in [-0.05, 0) is 10.6 Å². The van der Waals surface area contributed by atoms with Gasteiger partial charge in [0.05, 0.1) is 6.20 Å². The molecule has 2 N–H and O–H groups in total. The topological polar surface area (TPSA) is 113 Å². The number of nitrogens with zero attached hydrogens (tertiary/aromatic N) is 6. The largest absolute Gasteiger partial charge is 0.382 e. The molecule has 0 aliphatic heterocycles. The van der Waals surface area contributed by atoms with E-state index in [0.29, 0.717) is 0 Å². The summed E-state index contributed by atoms with van der Waals surface area (Å²) in [6, 6.07) is 0. The predicted molar refractivity (Wildman–Crippen MR) is 33.0 cm³/mol. The van der Waals surface area contributed by atoms with Crippen molar-refractivity contribution in [3.05, 3.63) is 16.6 Å². The smallest absolute Gasteiger partial charge is 0.240 e. The number of nitrogens with two attached hydrogens (primary N) is 1. The molecule has 7 heteroatoms. The highest BCUT2D eigenvalue weighted by atomic mass is 15.3. The van der Waals surface area contributed by atoms with E-state index in [1.165, 1.54) is 6.20 Å². The van der Waals surface area contributed by atoms with Crippen LogP contribution in [-0.4, -0.2) is 15.2 Å². The second kappa shape index (κ2) is 2.60. The van der Waals surface area contributed by atoms with Crippen molar-refractivity contribution in [1.82, 2.24) is 15.2 Å². The van der Waals surface area contributed by atoms with Crippen LogP contribution in [0.5, 0.6) is 0 Å². The average molecular weight is 137 g/mol. The van der Waals surface area contributed by atoms with Gasteiger partial charge in [0, 0.05) is 4.91 Å². The van der Waals surface area contributed by atoms with Gasteiger partial charge in [0.15, 0.2) is 0 Å². The number of rotatable bonds is 1. The van der Waals surface area contributed by atoms with E-state index >= 15 is 0 Å². The van der Waals surface area contributed by atoms with Gasteiger partial charge in [0.1, 0.15) is 5.82 Å². The molecule has 1 rings (SSSR count).